The van der Waals surface area contributed by atoms with Crippen molar-refractivity contribution in [3.05, 3.63) is 17.6 Å². The van der Waals surface area contributed by atoms with Crippen LogP contribution in [-0.4, -0.2) is 28.2 Å². The maximum atomic E-state index is 11.2. The first-order valence-corrected chi connectivity index (χ1v) is 4.71. The molecule has 0 unspecified atom stereocenters. The number of rotatable bonds is 3. The quantitative estimate of drug-likeness (QED) is 0.799. The fourth-order valence-corrected chi connectivity index (χ4v) is 1.85. The molecule has 0 bridgehead atoms. The van der Waals surface area contributed by atoms with Gasteiger partial charge in [-0.3, -0.25) is 4.79 Å². The molecule has 1 aromatic heterocycles. The second-order valence-corrected chi connectivity index (χ2v) is 3.73. The molecule has 15 heavy (non-hydrogen) atoms. The van der Waals surface area contributed by atoms with Crippen molar-refractivity contribution < 1.29 is 14.6 Å². The standard InChI is InChI=1S/C10H12N2O3/c1-6-7(8(15-2)12-5-11-6)10(3-4-10)9(13)14/h5H,3-4H2,1-2H3,(H,13,14). The van der Waals surface area contributed by atoms with Crippen molar-refractivity contribution in [1.29, 1.82) is 0 Å². The maximum absolute atomic E-state index is 11.2. The van der Waals surface area contributed by atoms with Crippen LogP contribution in [0.3, 0.4) is 0 Å². The number of aromatic nitrogens is 2. The Morgan fingerprint density at radius 3 is 2.67 bits per heavy atom. The lowest BCUT2D eigenvalue weighted by molar-refractivity contribution is -0.140. The molecule has 0 saturated heterocycles. The third-order valence-corrected chi connectivity index (χ3v) is 2.83. The molecule has 2 rings (SSSR count). The Labute approximate surface area is 87.1 Å². The molecule has 1 saturated carbocycles. The van der Waals surface area contributed by atoms with Gasteiger partial charge in [-0.25, -0.2) is 9.97 Å². The van der Waals surface area contributed by atoms with E-state index in [1.807, 2.05) is 0 Å². The molecule has 1 aromatic rings. The monoisotopic (exact) mass is 208 g/mol. The maximum Gasteiger partial charge on any atom is 0.314 e. The van der Waals surface area contributed by atoms with Gasteiger partial charge in [-0.1, -0.05) is 0 Å². The Hall–Kier alpha value is -1.65. The van der Waals surface area contributed by atoms with Gasteiger partial charge in [0.1, 0.15) is 6.33 Å². The van der Waals surface area contributed by atoms with Crippen LogP contribution in [0.15, 0.2) is 6.33 Å². The molecule has 0 radical (unpaired) electrons. The molecule has 0 aromatic carbocycles. The highest BCUT2D eigenvalue weighted by molar-refractivity contribution is 5.86. The second-order valence-electron chi connectivity index (χ2n) is 3.73. The lowest BCUT2D eigenvalue weighted by atomic mass is 9.96. The molecule has 5 heteroatoms. The van der Waals surface area contributed by atoms with Crippen LogP contribution in [0.2, 0.25) is 0 Å². The van der Waals surface area contributed by atoms with Crippen LogP contribution < -0.4 is 4.74 Å². The molecule has 80 valence electrons. The van der Waals surface area contributed by atoms with Crippen LogP contribution in [0, 0.1) is 6.92 Å². The molecule has 1 aliphatic carbocycles. The third kappa shape index (κ3) is 1.35. The zero-order chi connectivity index (χ0) is 11.1. The molecule has 5 nitrogen and oxygen atoms in total. The molecule has 0 spiro atoms. The summed E-state index contributed by atoms with van der Waals surface area (Å²) in [5.41, 5.74) is 0.498. The minimum atomic E-state index is -0.821. The highest BCUT2D eigenvalue weighted by Crippen LogP contribution is 2.51. The molecule has 1 fully saturated rings. The lowest BCUT2D eigenvalue weighted by Crippen LogP contribution is -2.22. The first-order valence-electron chi connectivity index (χ1n) is 4.71. The van der Waals surface area contributed by atoms with Gasteiger partial charge >= 0.3 is 5.97 Å². The van der Waals surface area contributed by atoms with Crippen molar-refractivity contribution >= 4 is 5.97 Å². The predicted octanol–water partition coefficient (Wildman–Crippen LogP) is 0.910. The zero-order valence-corrected chi connectivity index (χ0v) is 8.65. The smallest absolute Gasteiger partial charge is 0.314 e. The summed E-state index contributed by atoms with van der Waals surface area (Å²) >= 11 is 0. The molecule has 0 amide bonds. The van der Waals surface area contributed by atoms with E-state index < -0.39 is 11.4 Å². The second kappa shape index (κ2) is 3.18. The van der Waals surface area contributed by atoms with Crippen molar-refractivity contribution in [2.45, 2.75) is 25.2 Å². The van der Waals surface area contributed by atoms with Gasteiger partial charge in [-0.05, 0) is 19.8 Å². The van der Waals surface area contributed by atoms with Gasteiger partial charge in [0.25, 0.3) is 0 Å². The number of carboxylic acids is 1. The lowest BCUT2D eigenvalue weighted by Gasteiger charge is -2.15. The molecule has 1 heterocycles. The van der Waals surface area contributed by atoms with Gasteiger partial charge in [0.15, 0.2) is 0 Å². The highest BCUT2D eigenvalue weighted by Gasteiger charge is 2.55. The van der Waals surface area contributed by atoms with E-state index in [1.165, 1.54) is 13.4 Å². The van der Waals surface area contributed by atoms with Crippen molar-refractivity contribution in [3.63, 3.8) is 0 Å². The zero-order valence-electron chi connectivity index (χ0n) is 8.65. The predicted molar refractivity (Wildman–Crippen MR) is 51.9 cm³/mol. The van der Waals surface area contributed by atoms with Gasteiger partial charge in [-0.15, -0.1) is 0 Å². The Kier molecular flexibility index (Phi) is 2.10. The number of nitrogens with zero attached hydrogens (tertiary/aromatic N) is 2. The molecule has 0 atom stereocenters. The molecular formula is C10H12N2O3. The normalized spacial score (nSPS) is 17.2. The number of aliphatic carboxylic acids is 1. The summed E-state index contributed by atoms with van der Waals surface area (Å²) in [6, 6.07) is 0. The summed E-state index contributed by atoms with van der Waals surface area (Å²) < 4.78 is 5.09. The van der Waals surface area contributed by atoms with Gasteiger partial charge in [0.05, 0.1) is 18.1 Å². The van der Waals surface area contributed by atoms with Gasteiger partial charge in [0, 0.05) is 5.69 Å². The Morgan fingerprint density at radius 1 is 1.53 bits per heavy atom. The Balaban J connectivity index is 2.56. The van der Waals surface area contributed by atoms with Gasteiger partial charge in [-0.2, -0.15) is 0 Å². The van der Waals surface area contributed by atoms with E-state index in [4.69, 9.17) is 4.74 Å². The van der Waals surface area contributed by atoms with E-state index in [0.717, 1.165) is 0 Å². The van der Waals surface area contributed by atoms with Gasteiger partial charge in [0.2, 0.25) is 5.88 Å². The van der Waals surface area contributed by atoms with E-state index in [1.54, 1.807) is 6.92 Å². The van der Waals surface area contributed by atoms with E-state index in [0.29, 0.717) is 30.0 Å². The van der Waals surface area contributed by atoms with E-state index in [9.17, 15) is 9.90 Å². The first kappa shape index (κ1) is 9.89. The van der Waals surface area contributed by atoms with E-state index in [2.05, 4.69) is 9.97 Å². The Bertz CT molecular complexity index is 413. The van der Waals surface area contributed by atoms with Crippen molar-refractivity contribution in [2.75, 3.05) is 7.11 Å². The summed E-state index contributed by atoms with van der Waals surface area (Å²) in [4.78, 5) is 19.2. The number of aryl methyl sites for hydroxylation is 1. The van der Waals surface area contributed by atoms with Crippen LogP contribution >= 0.6 is 0 Å². The fourth-order valence-electron chi connectivity index (χ4n) is 1.85. The number of carbonyl (C=O) groups is 1. The minimum absolute atomic E-state index is 0.377. The first-order chi connectivity index (χ1) is 7.12. The van der Waals surface area contributed by atoms with Crippen LogP contribution in [0.25, 0.3) is 0 Å². The van der Waals surface area contributed by atoms with Crippen LogP contribution in [-0.2, 0) is 10.2 Å². The SMILES string of the molecule is COc1ncnc(C)c1C1(C(=O)O)CC1. The van der Waals surface area contributed by atoms with Crippen LogP contribution in [0.1, 0.15) is 24.1 Å². The summed E-state index contributed by atoms with van der Waals surface area (Å²) in [5, 5.41) is 9.19. The third-order valence-electron chi connectivity index (χ3n) is 2.83. The molecule has 1 N–H and O–H groups in total. The van der Waals surface area contributed by atoms with Gasteiger partial charge < -0.3 is 9.84 Å². The number of ether oxygens (including phenoxy) is 1. The molecular weight excluding hydrogens is 196 g/mol. The number of hydrogen-bond acceptors (Lipinski definition) is 4. The van der Waals surface area contributed by atoms with Crippen molar-refractivity contribution in [2.24, 2.45) is 0 Å². The van der Waals surface area contributed by atoms with Crippen molar-refractivity contribution in [1.82, 2.24) is 9.97 Å². The average molecular weight is 208 g/mol. The highest BCUT2D eigenvalue weighted by atomic mass is 16.5. The van der Waals surface area contributed by atoms with Crippen molar-refractivity contribution in [3.8, 4) is 5.88 Å². The topological polar surface area (TPSA) is 72.3 Å². The number of hydrogen-bond donors (Lipinski definition) is 1. The summed E-state index contributed by atoms with van der Waals surface area (Å²) in [6.45, 7) is 1.78. The minimum Gasteiger partial charge on any atom is -0.481 e. The summed E-state index contributed by atoms with van der Waals surface area (Å²) in [6.07, 6.45) is 2.65. The summed E-state index contributed by atoms with van der Waals surface area (Å²) in [5.74, 6) is -0.443. The number of carboxylic acid groups (broad SMARTS) is 1. The largest absolute Gasteiger partial charge is 0.481 e. The molecule has 1 aliphatic rings. The average Bonchev–Trinajstić information content (AvgIpc) is 2.98. The van der Waals surface area contributed by atoms with Crippen LogP contribution in [0.4, 0.5) is 0 Å². The molecule has 0 aliphatic heterocycles. The van der Waals surface area contributed by atoms with E-state index in [-0.39, 0.29) is 0 Å². The Morgan fingerprint density at radius 2 is 2.20 bits per heavy atom. The summed E-state index contributed by atoms with van der Waals surface area (Å²) in [7, 11) is 1.49. The van der Waals surface area contributed by atoms with Crippen LogP contribution in [0.5, 0.6) is 5.88 Å². The number of methoxy groups -OCH3 is 1. The van der Waals surface area contributed by atoms with E-state index >= 15 is 0 Å². The fraction of sp³-hybridized carbons (Fsp3) is 0.500.